The second kappa shape index (κ2) is 11.3. The van der Waals surface area contributed by atoms with Crippen molar-refractivity contribution in [3.8, 4) is 0 Å². The molecule has 2 aromatic carbocycles. The lowest BCUT2D eigenvalue weighted by molar-refractivity contribution is -0.117. The summed E-state index contributed by atoms with van der Waals surface area (Å²) in [7, 11) is 0. The molecule has 0 aliphatic carbocycles. The van der Waals surface area contributed by atoms with Gasteiger partial charge in [-0.2, -0.15) is 0 Å². The van der Waals surface area contributed by atoms with Crippen molar-refractivity contribution in [1.82, 2.24) is 15.5 Å². The Morgan fingerprint density at radius 1 is 0.882 bits per heavy atom. The van der Waals surface area contributed by atoms with Crippen LogP contribution in [-0.4, -0.2) is 48.3 Å². The van der Waals surface area contributed by atoms with Crippen LogP contribution in [0.1, 0.15) is 39.3 Å². The van der Waals surface area contributed by atoms with Crippen molar-refractivity contribution in [1.29, 1.82) is 0 Å². The summed E-state index contributed by atoms with van der Waals surface area (Å²) in [6.45, 7) is 1.91. The molecule has 0 radical (unpaired) electrons. The summed E-state index contributed by atoms with van der Waals surface area (Å²) >= 11 is 0. The van der Waals surface area contributed by atoms with Crippen LogP contribution in [0.4, 0.5) is 5.69 Å². The van der Waals surface area contributed by atoms with E-state index < -0.39 is 0 Å². The Hall–Kier alpha value is -3.91. The van der Waals surface area contributed by atoms with Crippen LogP contribution in [0, 0.1) is 0 Å². The lowest BCUT2D eigenvalue weighted by Gasteiger charge is -2.31. The molecule has 8 heteroatoms. The second-order valence-corrected chi connectivity index (χ2v) is 8.25. The van der Waals surface area contributed by atoms with E-state index in [1.807, 2.05) is 18.2 Å². The number of carbonyl (C=O) groups is 3. The standard InChI is InChI=1S/C26H28N4O4/c31-24(18-30-14-12-20(13-15-30)28-25(32)19-7-2-1-3-8-19)29-23-11-5-4-10-22(23)26(33)27-17-21-9-6-16-34-21/h1-11,16,20H,12-15,17-18H2,(H,27,33)(H,28,32)(H,29,31). The van der Waals surface area contributed by atoms with E-state index in [2.05, 4.69) is 20.9 Å². The van der Waals surface area contributed by atoms with E-state index in [4.69, 9.17) is 4.42 Å². The zero-order chi connectivity index (χ0) is 23.8. The maximum absolute atomic E-state index is 12.7. The molecule has 1 fully saturated rings. The number of nitrogens with one attached hydrogen (secondary N) is 3. The fourth-order valence-electron chi connectivity index (χ4n) is 3.95. The first kappa shape index (κ1) is 23.3. The highest BCUT2D eigenvalue weighted by Gasteiger charge is 2.23. The number of benzene rings is 2. The maximum atomic E-state index is 12.7. The average Bonchev–Trinajstić information content (AvgIpc) is 3.38. The number of hydrogen-bond acceptors (Lipinski definition) is 5. The highest BCUT2D eigenvalue weighted by Crippen LogP contribution is 2.16. The SMILES string of the molecule is O=C(CN1CCC(NC(=O)c2ccccc2)CC1)Nc1ccccc1C(=O)NCc1ccco1. The number of anilines is 1. The Morgan fingerprint density at radius 3 is 2.35 bits per heavy atom. The van der Waals surface area contributed by atoms with Gasteiger partial charge >= 0.3 is 0 Å². The van der Waals surface area contributed by atoms with Crippen LogP contribution in [0.3, 0.4) is 0 Å². The molecule has 1 aliphatic rings. The van der Waals surface area contributed by atoms with Gasteiger partial charge < -0.3 is 20.4 Å². The summed E-state index contributed by atoms with van der Waals surface area (Å²) in [5, 5.41) is 8.74. The first-order valence-corrected chi connectivity index (χ1v) is 11.4. The summed E-state index contributed by atoms with van der Waals surface area (Å²) in [6, 6.07) is 19.7. The van der Waals surface area contributed by atoms with E-state index in [-0.39, 0.29) is 36.9 Å². The van der Waals surface area contributed by atoms with Gasteiger partial charge in [-0.3, -0.25) is 19.3 Å². The number of likely N-dealkylation sites (tertiary alicyclic amines) is 1. The zero-order valence-corrected chi connectivity index (χ0v) is 18.8. The van der Waals surface area contributed by atoms with Crippen molar-refractivity contribution < 1.29 is 18.8 Å². The topological polar surface area (TPSA) is 104 Å². The third-order valence-electron chi connectivity index (χ3n) is 5.78. The Balaban J connectivity index is 1.24. The molecule has 4 rings (SSSR count). The van der Waals surface area contributed by atoms with Crippen LogP contribution >= 0.6 is 0 Å². The molecule has 3 N–H and O–H groups in total. The summed E-state index contributed by atoms with van der Waals surface area (Å²) < 4.78 is 5.24. The van der Waals surface area contributed by atoms with E-state index in [1.54, 1.807) is 54.8 Å². The van der Waals surface area contributed by atoms with Crippen LogP contribution in [0.2, 0.25) is 0 Å². The van der Waals surface area contributed by atoms with Gasteiger partial charge in [0.1, 0.15) is 5.76 Å². The Labute approximate surface area is 198 Å². The van der Waals surface area contributed by atoms with E-state index >= 15 is 0 Å². The Bertz CT molecular complexity index is 1110. The summed E-state index contributed by atoms with van der Waals surface area (Å²) in [5.41, 5.74) is 1.51. The largest absolute Gasteiger partial charge is 0.467 e. The third-order valence-corrected chi connectivity index (χ3v) is 5.78. The van der Waals surface area contributed by atoms with Gasteiger partial charge in [-0.1, -0.05) is 30.3 Å². The molecule has 0 spiro atoms. The predicted octanol–water partition coefficient (Wildman–Crippen LogP) is 3.04. The molecule has 34 heavy (non-hydrogen) atoms. The lowest BCUT2D eigenvalue weighted by atomic mass is 10.0. The highest BCUT2D eigenvalue weighted by atomic mass is 16.3. The molecular weight excluding hydrogens is 432 g/mol. The maximum Gasteiger partial charge on any atom is 0.253 e. The molecule has 0 atom stereocenters. The lowest BCUT2D eigenvalue weighted by Crippen LogP contribution is -2.46. The number of carbonyl (C=O) groups excluding carboxylic acids is 3. The number of nitrogens with zero attached hydrogens (tertiary/aromatic N) is 1. The number of furan rings is 1. The molecule has 1 aromatic heterocycles. The van der Waals surface area contributed by atoms with Gasteiger partial charge in [0.15, 0.2) is 0 Å². The molecule has 0 saturated carbocycles. The predicted molar refractivity (Wildman–Crippen MR) is 128 cm³/mol. The number of hydrogen-bond donors (Lipinski definition) is 3. The zero-order valence-electron chi connectivity index (χ0n) is 18.8. The van der Waals surface area contributed by atoms with Crippen molar-refractivity contribution in [3.63, 3.8) is 0 Å². The van der Waals surface area contributed by atoms with Gasteiger partial charge in [-0.05, 0) is 49.2 Å². The van der Waals surface area contributed by atoms with Crippen molar-refractivity contribution in [2.75, 3.05) is 25.0 Å². The molecule has 0 unspecified atom stereocenters. The smallest absolute Gasteiger partial charge is 0.253 e. The molecule has 8 nitrogen and oxygen atoms in total. The fourth-order valence-corrected chi connectivity index (χ4v) is 3.95. The van der Waals surface area contributed by atoms with E-state index in [0.717, 1.165) is 12.8 Å². The van der Waals surface area contributed by atoms with Gasteiger partial charge in [0.05, 0.1) is 30.6 Å². The number of para-hydroxylation sites is 1. The molecule has 176 valence electrons. The third kappa shape index (κ3) is 6.32. The molecule has 0 bridgehead atoms. The number of piperidine rings is 1. The summed E-state index contributed by atoms with van der Waals surface area (Å²) in [4.78, 5) is 39.7. The fraction of sp³-hybridized carbons (Fsp3) is 0.269. The van der Waals surface area contributed by atoms with E-state index in [9.17, 15) is 14.4 Å². The van der Waals surface area contributed by atoms with Gasteiger partial charge in [-0.25, -0.2) is 0 Å². The normalized spacial score (nSPS) is 14.4. The van der Waals surface area contributed by atoms with Crippen molar-refractivity contribution in [2.45, 2.75) is 25.4 Å². The van der Waals surface area contributed by atoms with Crippen LogP contribution in [-0.2, 0) is 11.3 Å². The quantitative estimate of drug-likeness (QED) is 0.479. The van der Waals surface area contributed by atoms with Crippen LogP contribution in [0.5, 0.6) is 0 Å². The van der Waals surface area contributed by atoms with Gasteiger partial charge in [0.2, 0.25) is 5.91 Å². The van der Waals surface area contributed by atoms with Crippen molar-refractivity contribution >= 4 is 23.4 Å². The second-order valence-electron chi connectivity index (χ2n) is 8.25. The minimum Gasteiger partial charge on any atom is -0.467 e. The summed E-state index contributed by atoms with van der Waals surface area (Å²) in [6.07, 6.45) is 3.10. The van der Waals surface area contributed by atoms with Crippen molar-refractivity contribution in [3.05, 3.63) is 89.9 Å². The monoisotopic (exact) mass is 460 g/mol. The van der Waals surface area contributed by atoms with Gasteiger partial charge in [0, 0.05) is 24.7 Å². The van der Waals surface area contributed by atoms with Crippen molar-refractivity contribution in [2.24, 2.45) is 0 Å². The minimum absolute atomic E-state index is 0.0706. The molecular formula is C26H28N4O4. The minimum atomic E-state index is -0.290. The van der Waals surface area contributed by atoms with Crippen LogP contribution < -0.4 is 16.0 Å². The van der Waals surface area contributed by atoms with Crippen LogP contribution in [0.25, 0.3) is 0 Å². The first-order chi connectivity index (χ1) is 16.6. The number of amides is 3. The Kier molecular flexibility index (Phi) is 7.72. The molecule has 2 heterocycles. The molecule has 3 aromatic rings. The highest BCUT2D eigenvalue weighted by molar-refractivity contribution is 6.04. The van der Waals surface area contributed by atoms with Gasteiger partial charge in [0.25, 0.3) is 11.8 Å². The number of rotatable bonds is 8. The molecule has 1 aliphatic heterocycles. The molecule has 3 amide bonds. The van der Waals surface area contributed by atoms with Crippen LogP contribution in [0.15, 0.2) is 77.4 Å². The first-order valence-electron chi connectivity index (χ1n) is 11.4. The summed E-state index contributed by atoms with van der Waals surface area (Å²) in [5.74, 6) is 0.109. The van der Waals surface area contributed by atoms with E-state index in [1.165, 1.54) is 0 Å². The van der Waals surface area contributed by atoms with Gasteiger partial charge in [-0.15, -0.1) is 0 Å². The molecule has 1 saturated heterocycles. The Morgan fingerprint density at radius 2 is 1.62 bits per heavy atom. The van der Waals surface area contributed by atoms with E-state index in [0.29, 0.717) is 35.7 Å². The average molecular weight is 461 g/mol.